The van der Waals surface area contributed by atoms with Crippen LogP contribution >= 0.6 is 0 Å². The van der Waals surface area contributed by atoms with Crippen LogP contribution in [0, 0.1) is 0 Å². The standard InChI is InChI=1S/C20H20N2O3/c1-24-16-4-2-3-14(10-16)19-11-15-9-13(5-6-18(15)25-19)12-22-8-7-17(22)20(21)23/h2-6,9-11,17H,7-8,12H2,1H3,(H2,21,23). The number of likely N-dealkylation sites (tertiary alicyclic amines) is 1. The van der Waals surface area contributed by atoms with Gasteiger partial charge in [-0.1, -0.05) is 18.2 Å². The molecule has 1 aromatic heterocycles. The van der Waals surface area contributed by atoms with E-state index < -0.39 is 0 Å². The predicted molar refractivity (Wildman–Crippen MR) is 96.2 cm³/mol. The summed E-state index contributed by atoms with van der Waals surface area (Å²) in [5, 5.41) is 1.05. The van der Waals surface area contributed by atoms with Crippen LogP contribution in [0.4, 0.5) is 0 Å². The smallest absolute Gasteiger partial charge is 0.234 e. The second kappa shape index (κ2) is 6.26. The Morgan fingerprint density at radius 2 is 2.16 bits per heavy atom. The van der Waals surface area contributed by atoms with Crippen molar-refractivity contribution in [1.82, 2.24) is 4.90 Å². The van der Waals surface area contributed by atoms with Gasteiger partial charge in [0.1, 0.15) is 17.1 Å². The maximum absolute atomic E-state index is 11.4. The largest absolute Gasteiger partial charge is 0.497 e. The molecule has 1 atom stereocenters. The molecule has 2 aromatic carbocycles. The van der Waals surface area contributed by atoms with E-state index in [0.29, 0.717) is 0 Å². The highest BCUT2D eigenvalue weighted by molar-refractivity contribution is 5.84. The lowest BCUT2D eigenvalue weighted by molar-refractivity contribution is -0.127. The van der Waals surface area contributed by atoms with Crippen molar-refractivity contribution in [1.29, 1.82) is 0 Å². The third kappa shape index (κ3) is 2.98. The lowest BCUT2D eigenvalue weighted by Gasteiger charge is -2.38. The minimum atomic E-state index is -0.240. The molecule has 2 N–H and O–H groups in total. The fourth-order valence-electron chi connectivity index (χ4n) is 3.30. The molecule has 0 spiro atoms. The Morgan fingerprint density at radius 1 is 1.28 bits per heavy atom. The highest BCUT2D eigenvalue weighted by Crippen LogP contribution is 2.31. The van der Waals surface area contributed by atoms with Crippen molar-refractivity contribution in [3.8, 4) is 17.1 Å². The van der Waals surface area contributed by atoms with Gasteiger partial charge in [-0.25, -0.2) is 0 Å². The number of rotatable bonds is 5. The van der Waals surface area contributed by atoms with Gasteiger partial charge < -0.3 is 14.9 Å². The zero-order valence-electron chi connectivity index (χ0n) is 14.1. The summed E-state index contributed by atoms with van der Waals surface area (Å²) in [6.07, 6.45) is 0.850. The zero-order chi connectivity index (χ0) is 17.4. The quantitative estimate of drug-likeness (QED) is 0.777. The average Bonchev–Trinajstić information content (AvgIpc) is 3.01. The van der Waals surface area contributed by atoms with Crippen molar-refractivity contribution < 1.29 is 13.9 Å². The summed E-state index contributed by atoms with van der Waals surface area (Å²) >= 11 is 0. The number of primary amides is 1. The normalized spacial score (nSPS) is 17.4. The van der Waals surface area contributed by atoms with E-state index in [1.165, 1.54) is 0 Å². The van der Waals surface area contributed by atoms with E-state index in [9.17, 15) is 4.79 Å². The van der Waals surface area contributed by atoms with E-state index in [-0.39, 0.29) is 11.9 Å². The molecule has 0 radical (unpaired) electrons. The monoisotopic (exact) mass is 336 g/mol. The van der Waals surface area contributed by atoms with Crippen LogP contribution in [0.1, 0.15) is 12.0 Å². The van der Waals surface area contributed by atoms with Gasteiger partial charge >= 0.3 is 0 Å². The van der Waals surface area contributed by atoms with Crippen molar-refractivity contribution in [3.05, 3.63) is 54.1 Å². The van der Waals surface area contributed by atoms with Crippen LogP contribution in [-0.4, -0.2) is 30.5 Å². The van der Waals surface area contributed by atoms with E-state index in [0.717, 1.165) is 53.1 Å². The number of ether oxygens (including phenoxy) is 1. The summed E-state index contributed by atoms with van der Waals surface area (Å²) in [5.74, 6) is 1.37. The molecular weight excluding hydrogens is 316 g/mol. The Kier molecular flexibility index (Phi) is 3.93. The van der Waals surface area contributed by atoms with Crippen molar-refractivity contribution in [2.24, 2.45) is 5.73 Å². The Morgan fingerprint density at radius 3 is 2.88 bits per heavy atom. The summed E-state index contributed by atoms with van der Waals surface area (Å²) in [4.78, 5) is 13.5. The molecule has 1 saturated heterocycles. The number of nitrogens with two attached hydrogens (primary N) is 1. The van der Waals surface area contributed by atoms with Crippen LogP contribution in [0.3, 0.4) is 0 Å². The SMILES string of the molecule is COc1cccc(-c2cc3cc(CN4CCC4C(N)=O)ccc3o2)c1. The first-order valence-electron chi connectivity index (χ1n) is 8.34. The average molecular weight is 336 g/mol. The van der Waals surface area contributed by atoms with Gasteiger partial charge in [0.05, 0.1) is 13.2 Å². The van der Waals surface area contributed by atoms with E-state index in [1.54, 1.807) is 7.11 Å². The number of hydrogen-bond acceptors (Lipinski definition) is 4. The van der Waals surface area contributed by atoms with Crippen molar-refractivity contribution in [3.63, 3.8) is 0 Å². The van der Waals surface area contributed by atoms with Crippen LogP contribution in [0.2, 0.25) is 0 Å². The topological polar surface area (TPSA) is 68.7 Å². The molecule has 5 heteroatoms. The maximum atomic E-state index is 11.4. The minimum Gasteiger partial charge on any atom is -0.497 e. The molecule has 0 bridgehead atoms. The fourth-order valence-corrected chi connectivity index (χ4v) is 3.30. The van der Waals surface area contributed by atoms with Crippen LogP contribution in [0.15, 0.2) is 52.9 Å². The van der Waals surface area contributed by atoms with E-state index in [4.69, 9.17) is 14.9 Å². The van der Waals surface area contributed by atoms with Crippen molar-refractivity contribution >= 4 is 16.9 Å². The molecule has 4 rings (SSSR count). The highest BCUT2D eigenvalue weighted by atomic mass is 16.5. The molecule has 3 aromatic rings. The first-order chi connectivity index (χ1) is 12.1. The molecule has 2 heterocycles. The number of carbonyl (C=O) groups is 1. The van der Waals surface area contributed by atoms with Gasteiger partial charge in [0.2, 0.25) is 5.91 Å². The number of benzene rings is 2. The number of furan rings is 1. The van der Waals surface area contributed by atoms with Crippen LogP contribution in [0.5, 0.6) is 5.75 Å². The molecule has 1 unspecified atom stereocenters. The van der Waals surface area contributed by atoms with E-state index in [2.05, 4.69) is 11.0 Å². The Balaban J connectivity index is 1.60. The van der Waals surface area contributed by atoms with E-state index in [1.807, 2.05) is 42.5 Å². The third-order valence-electron chi connectivity index (χ3n) is 4.78. The summed E-state index contributed by atoms with van der Waals surface area (Å²) in [6.45, 7) is 1.63. The summed E-state index contributed by atoms with van der Waals surface area (Å²) in [5.41, 5.74) is 8.39. The summed E-state index contributed by atoms with van der Waals surface area (Å²) in [7, 11) is 1.65. The van der Waals surface area contributed by atoms with Crippen LogP contribution in [-0.2, 0) is 11.3 Å². The lowest BCUT2D eigenvalue weighted by atomic mass is 10.0. The van der Waals surface area contributed by atoms with Crippen molar-refractivity contribution in [2.75, 3.05) is 13.7 Å². The van der Waals surface area contributed by atoms with Gasteiger partial charge in [0, 0.05) is 24.0 Å². The van der Waals surface area contributed by atoms with E-state index >= 15 is 0 Å². The van der Waals surface area contributed by atoms with Gasteiger partial charge in [-0.05, 0) is 42.3 Å². The molecule has 0 saturated carbocycles. The molecule has 25 heavy (non-hydrogen) atoms. The zero-order valence-corrected chi connectivity index (χ0v) is 14.1. The van der Waals surface area contributed by atoms with Gasteiger partial charge in [0.25, 0.3) is 0 Å². The molecule has 1 aliphatic heterocycles. The minimum absolute atomic E-state index is 0.132. The number of hydrogen-bond donors (Lipinski definition) is 1. The second-order valence-electron chi connectivity index (χ2n) is 6.39. The number of amides is 1. The Hall–Kier alpha value is -2.79. The fraction of sp³-hybridized carbons (Fsp3) is 0.250. The van der Waals surface area contributed by atoms with Gasteiger partial charge in [-0.15, -0.1) is 0 Å². The Labute approximate surface area is 146 Å². The first-order valence-corrected chi connectivity index (χ1v) is 8.34. The summed E-state index contributed by atoms with van der Waals surface area (Å²) < 4.78 is 11.2. The lowest BCUT2D eigenvalue weighted by Crippen LogP contribution is -2.54. The van der Waals surface area contributed by atoms with Gasteiger partial charge in [0.15, 0.2) is 0 Å². The molecule has 1 fully saturated rings. The third-order valence-corrected chi connectivity index (χ3v) is 4.78. The first kappa shape index (κ1) is 15.7. The highest BCUT2D eigenvalue weighted by Gasteiger charge is 2.32. The number of carbonyl (C=O) groups excluding carboxylic acids is 1. The second-order valence-corrected chi connectivity index (χ2v) is 6.39. The molecule has 1 amide bonds. The van der Waals surface area contributed by atoms with Crippen LogP contribution in [0.25, 0.3) is 22.3 Å². The molecule has 5 nitrogen and oxygen atoms in total. The van der Waals surface area contributed by atoms with Crippen LogP contribution < -0.4 is 10.5 Å². The number of methoxy groups -OCH3 is 1. The predicted octanol–water partition coefficient (Wildman–Crippen LogP) is 3.17. The molecular formula is C20H20N2O3. The summed E-state index contributed by atoms with van der Waals surface area (Å²) in [6, 6.07) is 15.8. The molecule has 1 aliphatic rings. The number of nitrogens with zero attached hydrogens (tertiary/aromatic N) is 1. The number of fused-ring (bicyclic) bond motifs is 1. The van der Waals surface area contributed by atoms with Gasteiger partial charge in [-0.3, -0.25) is 9.69 Å². The molecule has 128 valence electrons. The maximum Gasteiger partial charge on any atom is 0.234 e. The van der Waals surface area contributed by atoms with Crippen molar-refractivity contribution in [2.45, 2.75) is 19.0 Å². The molecule has 0 aliphatic carbocycles. The van der Waals surface area contributed by atoms with Gasteiger partial charge in [-0.2, -0.15) is 0 Å². The Bertz CT molecular complexity index is 932.